The van der Waals surface area contributed by atoms with Gasteiger partial charge in [0.15, 0.2) is 5.78 Å². The van der Waals surface area contributed by atoms with Crippen molar-refractivity contribution in [2.24, 2.45) is 29.6 Å². The zero-order chi connectivity index (χ0) is 23.7. The van der Waals surface area contributed by atoms with Gasteiger partial charge in [0, 0.05) is 17.7 Å². The van der Waals surface area contributed by atoms with Crippen LogP contribution in [0.1, 0.15) is 43.5 Å². The molecule has 2 aliphatic rings. The summed E-state index contributed by atoms with van der Waals surface area (Å²) in [5, 5.41) is 30.0. The van der Waals surface area contributed by atoms with Crippen molar-refractivity contribution in [3.8, 4) is 22.6 Å². The van der Waals surface area contributed by atoms with E-state index in [1.165, 1.54) is 18.3 Å². The third-order valence-electron chi connectivity index (χ3n) is 7.36. The minimum Gasteiger partial charge on any atom is -0.508 e. The molecule has 0 saturated heterocycles. The number of rotatable bonds is 5. The predicted molar refractivity (Wildman–Crippen MR) is 127 cm³/mol. The number of phenolic OH excluding ortho intramolecular Hbond substituents is 1. The van der Waals surface area contributed by atoms with E-state index in [4.69, 9.17) is 0 Å². The summed E-state index contributed by atoms with van der Waals surface area (Å²) in [7, 11) is 0. The number of ketones is 1. The van der Waals surface area contributed by atoms with Crippen molar-refractivity contribution in [2.75, 3.05) is 6.61 Å². The minimum atomic E-state index is -0.630. The average Bonchev–Trinajstić information content (AvgIpc) is 2.79. The van der Waals surface area contributed by atoms with E-state index in [9.17, 15) is 24.9 Å². The van der Waals surface area contributed by atoms with Gasteiger partial charge < -0.3 is 20.3 Å². The molecule has 4 N–H and O–H groups in total. The number of pyridine rings is 1. The van der Waals surface area contributed by atoms with Crippen molar-refractivity contribution in [2.45, 2.75) is 33.1 Å². The summed E-state index contributed by atoms with van der Waals surface area (Å²) in [4.78, 5) is 29.1. The van der Waals surface area contributed by atoms with Crippen LogP contribution in [0.15, 0.2) is 59.1 Å². The average molecular weight is 450 g/mol. The van der Waals surface area contributed by atoms with E-state index in [2.05, 4.69) is 18.8 Å². The van der Waals surface area contributed by atoms with Gasteiger partial charge in [-0.05, 0) is 61.1 Å². The highest BCUT2D eigenvalue weighted by molar-refractivity contribution is 6.03. The number of aromatic amines is 1. The van der Waals surface area contributed by atoms with Gasteiger partial charge in [0.05, 0.1) is 6.61 Å². The second kappa shape index (κ2) is 9.40. The Morgan fingerprint density at radius 1 is 1.18 bits per heavy atom. The van der Waals surface area contributed by atoms with Crippen LogP contribution < -0.4 is 5.56 Å². The number of H-pyrrole nitrogens is 1. The molecule has 1 heterocycles. The van der Waals surface area contributed by atoms with Crippen molar-refractivity contribution in [3.05, 3.63) is 70.2 Å². The number of benzene rings is 1. The summed E-state index contributed by atoms with van der Waals surface area (Å²) in [5.74, 6) is -0.268. The topological polar surface area (TPSA) is 111 Å². The number of aliphatic hydroxyl groups is 1. The summed E-state index contributed by atoms with van der Waals surface area (Å²) < 4.78 is 0. The van der Waals surface area contributed by atoms with Crippen LogP contribution in [-0.2, 0) is 0 Å². The van der Waals surface area contributed by atoms with Gasteiger partial charge >= 0.3 is 0 Å². The van der Waals surface area contributed by atoms with Crippen LogP contribution in [0.2, 0.25) is 0 Å². The number of hydrogen-bond donors (Lipinski definition) is 4. The number of phenols is 1. The number of nitrogens with one attached hydrogen (secondary N) is 1. The number of fused-ring (bicyclic) bond motifs is 1. The lowest BCUT2D eigenvalue weighted by Crippen LogP contribution is -2.40. The van der Waals surface area contributed by atoms with Crippen molar-refractivity contribution in [3.63, 3.8) is 0 Å². The lowest BCUT2D eigenvalue weighted by atomic mass is 9.59. The maximum absolute atomic E-state index is 13.8. The van der Waals surface area contributed by atoms with Gasteiger partial charge in [0.25, 0.3) is 5.56 Å². The lowest BCUT2D eigenvalue weighted by molar-refractivity contribution is 0.0802. The first kappa shape index (κ1) is 23.1. The molecule has 0 bridgehead atoms. The van der Waals surface area contributed by atoms with E-state index in [1.807, 2.05) is 12.2 Å². The van der Waals surface area contributed by atoms with E-state index in [0.29, 0.717) is 23.0 Å². The number of aliphatic hydroxyl groups excluding tert-OH is 1. The molecule has 33 heavy (non-hydrogen) atoms. The van der Waals surface area contributed by atoms with Gasteiger partial charge in [-0.15, -0.1) is 0 Å². The summed E-state index contributed by atoms with van der Waals surface area (Å²) in [6.07, 6.45) is 10.1. The molecule has 0 radical (unpaired) electrons. The fourth-order valence-corrected chi connectivity index (χ4v) is 5.71. The minimum absolute atomic E-state index is 0.0801. The third-order valence-corrected chi connectivity index (χ3v) is 7.36. The normalized spacial score (nSPS) is 27.2. The third kappa shape index (κ3) is 4.40. The van der Waals surface area contributed by atoms with Crippen LogP contribution >= 0.6 is 0 Å². The molecular formula is C27H31NO5. The molecule has 1 aromatic heterocycles. The Balaban J connectivity index is 1.79. The van der Waals surface area contributed by atoms with Crippen molar-refractivity contribution in [1.82, 2.24) is 4.98 Å². The van der Waals surface area contributed by atoms with Crippen LogP contribution in [0.4, 0.5) is 0 Å². The molecule has 174 valence electrons. The van der Waals surface area contributed by atoms with Gasteiger partial charge in [0.1, 0.15) is 17.1 Å². The van der Waals surface area contributed by atoms with E-state index in [0.717, 1.165) is 24.8 Å². The highest BCUT2D eigenvalue weighted by Crippen LogP contribution is 2.49. The molecule has 1 saturated carbocycles. The first-order valence-electron chi connectivity index (χ1n) is 11.6. The summed E-state index contributed by atoms with van der Waals surface area (Å²) in [5.41, 5.74) is 1.17. The highest BCUT2D eigenvalue weighted by Gasteiger charge is 2.43. The number of carbonyl (C=O) groups excluding carboxylic acids is 1. The first-order valence-corrected chi connectivity index (χ1v) is 11.6. The molecule has 1 aromatic carbocycles. The van der Waals surface area contributed by atoms with Crippen LogP contribution in [0.5, 0.6) is 11.5 Å². The molecule has 6 heteroatoms. The number of aromatic nitrogens is 1. The fourth-order valence-electron chi connectivity index (χ4n) is 5.71. The van der Waals surface area contributed by atoms with Gasteiger partial charge in [-0.3, -0.25) is 9.59 Å². The smallest absolute Gasteiger partial charge is 0.262 e. The molecule has 0 amide bonds. The maximum atomic E-state index is 13.8. The Labute approximate surface area is 193 Å². The van der Waals surface area contributed by atoms with Gasteiger partial charge in [-0.25, -0.2) is 0 Å². The van der Waals surface area contributed by atoms with Gasteiger partial charge in [-0.1, -0.05) is 49.3 Å². The molecule has 0 spiro atoms. The summed E-state index contributed by atoms with van der Waals surface area (Å²) >= 11 is 0. The largest absolute Gasteiger partial charge is 0.508 e. The van der Waals surface area contributed by atoms with E-state index >= 15 is 0 Å². The van der Waals surface area contributed by atoms with Crippen molar-refractivity contribution >= 4 is 5.78 Å². The van der Waals surface area contributed by atoms with Gasteiger partial charge in [-0.2, -0.15) is 0 Å². The van der Waals surface area contributed by atoms with Crippen LogP contribution in [-0.4, -0.2) is 32.7 Å². The van der Waals surface area contributed by atoms with Crippen LogP contribution in [0.3, 0.4) is 0 Å². The molecule has 5 atom stereocenters. The fraction of sp³-hybridized carbons (Fsp3) is 0.407. The molecule has 5 unspecified atom stereocenters. The predicted octanol–water partition coefficient (Wildman–Crippen LogP) is 4.43. The zero-order valence-corrected chi connectivity index (χ0v) is 19.0. The molecule has 0 aliphatic heterocycles. The quantitative estimate of drug-likeness (QED) is 0.399. The van der Waals surface area contributed by atoms with E-state index in [-0.39, 0.29) is 35.5 Å². The van der Waals surface area contributed by atoms with Crippen molar-refractivity contribution in [1.29, 1.82) is 0 Å². The number of carbonyl (C=O) groups is 1. The standard InChI is InChI=1S/C27H31NO5/c1-15-5-10-19-16(2)13-22(20(4-3-11-29)21(19)12-15)25(31)24-26(32)23(14-28-27(24)33)17-6-8-18(30)9-7-17/h3-4,6-9,13-15,19-22,29-30H,5,10-12H2,1-2H3,(H2,28,32,33). The van der Waals surface area contributed by atoms with E-state index < -0.39 is 17.3 Å². The first-order chi connectivity index (χ1) is 15.8. The molecule has 2 aromatic rings. The molecule has 4 rings (SSSR count). The Hall–Kier alpha value is -3.12. The Bertz CT molecular complexity index is 1140. The SMILES string of the molecule is CC1=CC(C(=O)c2c(O)c(-c3ccc(O)cc3)c[nH]c2=O)C(C=CCO)C2CC(C)CCC12. The van der Waals surface area contributed by atoms with E-state index in [1.54, 1.807) is 18.2 Å². The summed E-state index contributed by atoms with van der Waals surface area (Å²) in [6.45, 7) is 4.16. The highest BCUT2D eigenvalue weighted by atomic mass is 16.3. The zero-order valence-electron chi connectivity index (χ0n) is 19.0. The molecule has 6 nitrogen and oxygen atoms in total. The number of aromatic hydroxyl groups is 2. The maximum Gasteiger partial charge on any atom is 0.262 e. The van der Waals surface area contributed by atoms with Gasteiger partial charge in [0.2, 0.25) is 0 Å². The number of hydrogen-bond acceptors (Lipinski definition) is 5. The Kier molecular flexibility index (Phi) is 6.56. The second-order valence-corrected chi connectivity index (χ2v) is 9.48. The Morgan fingerprint density at radius 3 is 2.61 bits per heavy atom. The van der Waals surface area contributed by atoms with Crippen LogP contribution in [0.25, 0.3) is 11.1 Å². The monoisotopic (exact) mass is 449 g/mol. The lowest BCUT2D eigenvalue weighted by Gasteiger charge is -2.45. The summed E-state index contributed by atoms with van der Waals surface area (Å²) in [6, 6.07) is 6.19. The molecular weight excluding hydrogens is 418 g/mol. The number of allylic oxidation sites excluding steroid dienone is 3. The molecule has 1 fully saturated rings. The van der Waals surface area contributed by atoms with Crippen LogP contribution in [0, 0.1) is 29.6 Å². The molecule has 2 aliphatic carbocycles. The van der Waals surface area contributed by atoms with Crippen molar-refractivity contribution < 1.29 is 20.1 Å². The second-order valence-electron chi connectivity index (χ2n) is 9.48. The Morgan fingerprint density at radius 2 is 1.91 bits per heavy atom. The number of Topliss-reactive ketones (excluding diaryl/α,β-unsaturated/α-hetero) is 1.